The molecule has 2 heterocycles. The van der Waals surface area contributed by atoms with Gasteiger partial charge in [0.25, 0.3) is 0 Å². The molecule has 2 saturated heterocycles. The van der Waals surface area contributed by atoms with E-state index in [0.29, 0.717) is 30.2 Å². The molecule has 3 rings (SSSR count). The van der Waals surface area contributed by atoms with E-state index in [4.69, 9.17) is 9.47 Å². The fraction of sp³-hybridized carbons (Fsp3) is 0.682. The lowest BCUT2D eigenvalue weighted by Crippen LogP contribution is -2.43. The lowest BCUT2D eigenvalue weighted by atomic mass is 9.85. The lowest BCUT2D eigenvalue weighted by molar-refractivity contribution is -0.133. The highest BCUT2D eigenvalue weighted by Crippen LogP contribution is 2.28. The van der Waals surface area contributed by atoms with Crippen LogP contribution in [0.2, 0.25) is 0 Å². The second kappa shape index (κ2) is 10.0. The average Bonchev–Trinajstić information content (AvgIpc) is 2.74. The van der Waals surface area contributed by atoms with Gasteiger partial charge in [-0.05, 0) is 50.6 Å². The molecule has 0 aromatic heterocycles. The first-order valence-corrected chi connectivity index (χ1v) is 10.6. The van der Waals surface area contributed by atoms with Gasteiger partial charge in [-0.1, -0.05) is 6.92 Å². The number of nitrogens with one attached hydrogen (secondary N) is 2. The minimum atomic E-state index is 0.319. The molecule has 2 N–H and O–H groups in total. The number of hydrogen-bond donors (Lipinski definition) is 2. The molecular formula is C22H35N3O3. The summed E-state index contributed by atoms with van der Waals surface area (Å²) in [5.41, 5.74) is 0.999. The minimum Gasteiger partial charge on any atom is -0.497 e. The molecule has 0 saturated carbocycles. The normalized spacial score (nSPS) is 21.8. The van der Waals surface area contributed by atoms with Crippen LogP contribution in [0.1, 0.15) is 39.0 Å². The molecule has 0 spiro atoms. The number of carbonyl (C=O) groups is 1. The number of likely N-dealkylation sites (tertiary alicyclic amines) is 1. The van der Waals surface area contributed by atoms with Crippen molar-refractivity contribution in [3.63, 3.8) is 0 Å². The van der Waals surface area contributed by atoms with Crippen molar-refractivity contribution in [1.82, 2.24) is 10.2 Å². The Hall–Kier alpha value is -1.95. The van der Waals surface area contributed by atoms with E-state index in [9.17, 15) is 4.79 Å². The van der Waals surface area contributed by atoms with Crippen molar-refractivity contribution in [2.75, 3.05) is 45.7 Å². The molecule has 2 aliphatic rings. The van der Waals surface area contributed by atoms with Crippen molar-refractivity contribution in [3.8, 4) is 11.5 Å². The Morgan fingerprint density at radius 3 is 2.43 bits per heavy atom. The maximum absolute atomic E-state index is 12.7. The van der Waals surface area contributed by atoms with Crippen LogP contribution in [0, 0.1) is 11.8 Å². The van der Waals surface area contributed by atoms with Gasteiger partial charge in [0.1, 0.15) is 11.5 Å². The summed E-state index contributed by atoms with van der Waals surface area (Å²) in [5, 5.41) is 7.04. The van der Waals surface area contributed by atoms with E-state index >= 15 is 0 Å². The quantitative estimate of drug-likeness (QED) is 0.750. The Labute approximate surface area is 169 Å². The molecule has 2 unspecified atom stereocenters. The van der Waals surface area contributed by atoms with Crippen LogP contribution in [0.4, 0.5) is 5.69 Å². The van der Waals surface area contributed by atoms with E-state index in [-0.39, 0.29) is 0 Å². The maximum atomic E-state index is 12.7. The molecular weight excluding hydrogens is 354 g/mol. The predicted molar refractivity (Wildman–Crippen MR) is 112 cm³/mol. The summed E-state index contributed by atoms with van der Waals surface area (Å²) in [6.45, 7) is 6.07. The Morgan fingerprint density at radius 1 is 1.18 bits per heavy atom. The highest BCUT2D eigenvalue weighted by atomic mass is 16.5. The molecule has 2 atom stereocenters. The number of hydrogen-bond acceptors (Lipinski definition) is 5. The number of piperidine rings is 2. The van der Waals surface area contributed by atoms with Crippen molar-refractivity contribution in [2.24, 2.45) is 11.8 Å². The first-order valence-electron chi connectivity index (χ1n) is 10.6. The van der Waals surface area contributed by atoms with Crippen LogP contribution in [0.5, 0.6) is 11.5 Å². The molecule has 0 radical (unpaired) electrons. The molecule has 1 aromatic rings. The summed E-state index contributed by atoms with van der Waals surface area (Å²) in [7, 11) is 3.32. The zero-order chi connectivity index (χ0) is 19.9. The summed E-state index contributed by atoms with van der Waals surface area (Å²) in [5.74, 6) is 2.97. The number of nitrogens with zero attached hydrogens (tertiary/aromatic N) is 1. The highest BCUT2D eigenvalue weighted by Gasteiger charge is 2.27. The highest BCUT2D eigenvalue weighted by molar-refractivity contribution is 5.76. The molecule has 0 bridgehead atoms. The number of amides is 1. The molecule has 28 heavy (non-hydrogen) atoms. The van der Waals surface area contributed by atoms with Gasteiger partial charge in [0.05, 0.1) is 14.2 Å². The molecule has 6 heteroatoms. The number of ether oxygens (including phenoxy) is 2. The Kier molecular flexibility index (Phi) is 7.43. The van der Waals surface area contributed by atoms with Crippen molar-refractivity contribution < 1.29 is 14.3 Å². The second-order valence-corrected chi connectivity index (χ2v) is 8.19. The number of anilines is 1. The predicted octanol–water partition coefficient (Wildman–Crippen LogP) is 3.13. The lowest BCUT2D eigenvalue weighted by Gasteiger charge is -2.35. The molecule has 2 aliphatic heterocycles. The summed E-state index contributed by atoms with van der Waals surface area (Å²) in [6, 6.07) is 6.20. The summed E-state index contributed by atoms with van der Waals surface area (Å²) in [6.07, 6.45) is 5.08. The molecule has 156 valence electrons. The van der Waals surface area contributed by atoms with E-state index < -0.39 is 0 Å². The third-order valence-corrected chi connectivity index (χ3v) is 6.21. The molecule has 2 fully saturated rings. The van der Waals surface area contributed by atoms with Gasteiger partial charge in [0, 0.05) is 49.4 Å². The summed E-state index contributed by atoms with van der Waals surface area (Å²) in [4.78, 5) is 14.8. The van der Waals surface area contributed by atoms with Gasteiger partial charge >= 0.3 is 0 Å². The van der Waals surface area contributed by atoms with Crippen LogP contribution in [0.3, 0.4) is 0 Å². The monoisotopic (exact) mass is 389 g/mol. The Bertz CT molecular complexity index is 616. The summed E-state index contributed by atoms with van der Waals surface area (Å²) >= 11 is 0. The number of benzene rings is 1. The van der Waals surface area contributed by atoms with Gasteiger partial charge in [0.15, 0.2) is 0 Å². The molecule has 6 nitrogen and oxygen atoms in total. The molecule has 0 aliphatic carbocycles. The van der Waals surface area contributed by atoms with E-state index in [1.807, 2.05) is 18.2 Å². The van der Waals surface area contributed by atoms with Crippen LogP contribution in [0.25, 0.3) is 0 Å². The van der Waals surface area contributed by atoms with Crippen molar-refractivity contribution in [3.05, 3.63) is 18.2 Å². The van der Waals surface area contributed by atoms with Gasteiger partial charge in [-0.3, -0.25) is 4.79 Å². The summed E-state index contributed by atoms with van der Waals surface area (Å²) < 4.78 is 10.7. The van der Waals surface area contributed by atoms with Crippen LogP contribution in [0.15, 0.2) is 18.2 Å². The fourth-order valence-electron chi connectivity index (χ4n) is 4.34. The van der Waals surface area contributed by atoms with Gasteiger partial charge in [-0.2, -0.15) is 0 Å². The van der Waals surface area contributed by atoms with Crippen molar-refractivity contribution in [1.29, 1.82) is 0 Å². The van der Waals surface area contributed by atoms with Crippen LogP contribution in [-0.4, -0.2) is 57.2 Å². The minimum absolute atomic E-state index is 0.319. The van der Waals surface area contributed by atoms with Crippen molar-refractivity contribution >= 4 is 11.6 Å². The largest absolute Gasteiger partial charge is 0.497 e. The van der Waals surface area contributed by atoms with Gasteiger partial charge < -0.3 is 25.0 Å². The third-order valence-electron chi connectivity index (χ3n) is 6.21. The Balaban J connectivity index is 1.47. The second-order valence-electron chi connectivity index (χ2n) is 8.19. The van der Waals surface area contributed by atoms with Gasteiger partial charge in [0.2, 0.25) is 5.91 Å². The van der Waals surface area contributed by atoms with Crippen LogP contribution in [-0.2, 0) is 4.79 Å². The zero-order valence-corrected chi connectivity index (χ0v) is 17.5. The number of methoxy groups -OCH3 is 2. The third kappa shape index (κ3) is 5.53. The zero-order valence-electron chi connectivity index (χ0n) is 17.5. The van der Waals surface area contributed by atoms with Gasteiger partial charge in [-0.25, -0.2) is 0 Å². The fourth-order valence-corrected chi connectivity index (χ4v) is 4.34. The topological polar surface area (TPSA) is 62.8 Å². The van der Waals surface area contributed by atoms with E-state index in [1.54, 1.807) is 14.2 Å². The van der Waals surface area contributed by atoms with Crippen LogP contribution < -0.4 is 20.1 Å². The van der Waals surface area contributed by atoms with Gasteiger partial charge in [-0.15, -0.1) is 0 Å². The van der Waals surface area contributed by atoms with E-state index in [2.05, 4.69) is 22.5 Å². The maximum Gasteiger partial charge on any atom is 0.222 e. The Morgan fingerprint density at radius 2 is 1.86 bits per heavy atom. The standard InChI is InChI=1S/C22H35N3O3/c1-16(17-5-4-8-23-15-17)11-22(26)25-9-6-18(7-10-25)24-19-12-20(27-2)14-21(13-19)28-3/h12-14,16-18,23-24H,4-11,15H2,1-3H3. The van der Waals surface area contributed by atoms with Crippen LogP contribution >= 0.6 is 0 Å². The first kappa shape index (κ1) is 20.8. The smallest absolute Gasteiger partial charge is 0.222 e. The molecule has 1 amide bonds. The molecule has 1 aromatic carbocycles. The van der Waals surface area contributed by atoms with E-state index in [1.165, 1.54) is 12.8 Å². The van der Waals surface area contributed by atoms with Crippen molar-refractivity contribution in [2.45, 2.75) is 45.1 Å². The van der Waals surface area contributed by atoms with E-state index in [0.717, 1.165) is 56.2 Å². The average molecular weight is 390 g/mol. The first-order chi connectivity index (χ1) is 13.6. The number of rotatable bonds is 7. The number of carbonyl (C=O) groups excluding carboxylic acids is 1. The SMILES string of the molecule is COc1cc(NC2CCN(C(=O)CC(C)C3CCCNC3)CC2)cc(OC)c1.